The number of hydrogen-bond acceptors (Lipinski definition) is 5. The number of amides is 4. The van der Waals surface area contributed by atoms with Crippen molar-refractivity contribution in [1.82, 2.24) is 20.0 Å². The lowest BCUT2D eigenvalue weighted by molar-refractivity contribution is -0.136. The van der Waals surface area contributed by atoms with Crippen LogP contribution in [0, 0.1) is 0 Å². The molecule has 0 radical (unpaired) electrons. The fourth-order valence-electron chi connectivity index (χ4n) is 6.22. The first kappa shape index (κ1) is 26.5. The summed E-state index contributed by atoms with van der Waals surface area (Å²) in [7, 11) is 0. The minimum atomic E-state index is -0.907. The number of piperidine rings is 2. The highest BCUT2D eigenvalue weighted by Crippen LogP contribution is 2.41. The summed E-state index contributed by atoms with van der Waals surface area (Å²) in [6.45, 7) is 6.89. The zero-order valence-corrected chi connectivity index (χ0v) is 23.6. The minimum Gasteiger partial charge on any atom is -0.341 e. The molecule has 10 heteroatoms. The number of carbonyl (C=O) groups is 4. The molecular formula is C30H32ClN5O4. The molecule has 0 bridgehead atoms. The number of alkyl halides is 1. The summed E-state index contributed by atoms with van der Waals surface area (Å²) in [6.07, 6.45) is 6.68. The third kappa shape index (κ3) is 4.36. The smallest absolute Gasteiger partial charge is 0.259 e. The molecule has 1 atom stereocenters. The van der Waals surface area contributed by atoms with Gasteiger partial charge in [-0.2, -0.15) is 5.10 Å². The van der Waals surface area contributed by atoms with E-state index in [4.69, 9.17) is 16.7 Å². The van der Waals surface area contributed by atoms with Crippen molar-refractivity contribution in [3.63, 3.8) is 0 Å². The summed E-state index contributed by atoms with van der Waals surface area (Å²) >= 11 is 6.26. The van der Waals surface area contributed by atoms with Gasteiger partial charge in [-0.1, -0.05) is 18.2 Å². The molecule has 6 rings (SSSR count). The van der Waals surface area contributed by atoms with Gasteiger partial charge in [-0.25, -0.2) is 0 Å². The van der Waals surface area contributed by atoms with Crippen LogP contribution in [0.2, 0.25) is 0 Å². The van der Waals surface area contributed by atoms with Gasteiger partial charge < -0.3 is 4.90 Å². The second-order valence-corrected chi connectivity index (χ2v) is 12.8. The summed E-state index contributed by atoms with van der Waals surface area (Å²) < 4.78 is 2.02. The molecule has 2 saturated heterocycles. The van der Waals surface area contributed by atoms with Gasteiger partial charge in [-0.3, -0.25) is 34.1 Å². The Morgan fingerprint density at radius 3 is 2.60 bits per heavy atom. The summed E-state index contributed by atoms with van der Waals surface area (Å²) in [5.41, 5.74) is 3.19. The maximum Gasteiger partial charge on any atom is 0.259 e. The van der Waals surface area contributed by atoms with Gasteiger partial charge in [0.25, 0.3) is 5.91 Å². The molecule has 1 aromatic heterocycles. The van der Waals surface area contributed by atoms with E-state index < -0.39 is 16.8 Å². The topological polar surface area (TPSA) is 105 Å². The molecule has 208 valence electrons. The Kier molecular flexibility index (Phi) is 6.25. The Labute approximate surface area is 237 Å². The van der Waals surface area contributed by atoms with Gasteiger partial charge in [0.15, 0.2) is 0 Å². The zero-order chi connectivity index (χ0) is 28.4. The van der Waals surface area contributed by atoms with Crippen LogP contribution in [0.1, 0.15) is 67.9 Å². The van der Waals surface area contributed by atoms with Crippen LogP contribution in [0.15, 0.2) is 42.7 Å². The number of imide groups is 1. The molecular weight excluding hydrogens is 530 g/mol. The third-order valence-corrected chi connectivity index (χ3v) is 8.72. The maximum atomic E-state index is 13.4. The van der Waals surface area contributed by atoms with Crippen molar-refractivity contribution in [3.8, 4) is 0 Å². The molecule has 9 nitrogen and oxygen atoms in total. The van der Waals surface area contributed by atoms with Crippen LogP contribution in [-0.2, 0) is 26.3 Å². The number of rotatable bonds is 5. The Bertz CT molecular complexity index is 1560. The largest absolute Gasteiger partial charge is 0.341 e. The average Bonchev–Trinajstić information content (AvgIpc) is 3.50. The average molecular weight is 562 g/mol. The predicted octanol–water partition coefficient (Wildman–Crippen LogP) is 3.75. The van der Waals surface area contributed by atoms with Gasteiger partial charge in [0, 0.05) is 43.1 Å². The monoisotopic (exact) mass is 561 g/mol. The highest BCUT2D eigenvalue weighted by Gasteiger charge is 2.41. The molecule has 2 fully saturated rings. The second-order valence-electron chi connectivity index (χ2n) is 11.8. The van der Waals surface area contributed by atoms with Crippen molar-refractivity contribution < 1.29 is 19.2 Å². The van der Waals surface area contributed by atoms with E-state index in [2.05, 4.69) is 18.4 Å². The molecule has 4 heterocycles. The fourth-order valence-corrected chi connectivity index (χ4v) is 6.34. The first-order valence-electron chi connectivity index (χ1n) is 13.7. The van der Waals surface area contributed by atoms with Crippen LogP contribution in [0.3, 0.4) is 0 Å². The van der Waals surface area contributed by atoms with E-state index in [1.165, 1.54) is 0 Å². The molecule has 1 N–H and O–H groups in total. The number of nitrogens with one attached hydrogen (secondary N) is 1. The van der Waals surface area contributed by atoms with Gasteiger partial charge >= 0.3 is 0 Å². The predicted molar refractivity (Wildman–Crippen MR) is 151 cm³/mol. The second kappa shape index (κ2) is 9.44. The molecule has 0 aliphatic carbocycles. The molecule has 3 aliphatic heterocycles. The van der Waals surface area contributed by atoms with Crippen molar-refractivity contribution in [2.45, 2.75) is 69.3 Å². The number of benzene rings is 2. The van der Waals surface area contributed by atoms with Crippen molar-refractivity contribution >= 4 is 51.7 Å². The van der Waals surface area contributed by atoms with Gasteiger partial charge in [-0.05, 0) is 68.7 Å². The van der Waals surface area contributed by atoms with Crippen LogP contribution in [0.5, 0.6) is 0 Å². The van der Waals surface area contributed by atoms with E-state index in [1.54, 1.807) is 24.8 Å². The number of halogens is 1. The molecule has 3 aliphatic rings. The van der Waals surface area contributed by atoms with Gasteiger partial charge in [0.1, 0.15) is 10.9 Å². The van der Waals surface area contributed by atoms with E-state index in [-0.39, 0.29) is 29.7 Å². The van der Waals surface area contributed by atoms with E-state index in [1.807, 2.05) is 40.0 Å². The van der Waals surface area contributed by atoms with Gasteiger partial charge in [0.2, 0.25) is 17.7 Å². The zero-order valence-electron chi connectivity index (χ0n) is 22.9. The van der Waals surface area contributed by atoms with Crippen LogP contribution < -0.4 is 10.2 Å². The molecule has 40 heavy (non-hydrogen) atoms. The molecule has 0 saturated carbocycles. The van der Waals surface area contributed by atoms with E-state index in [9.17, 15) is 19.2 Å². The number of hydrogen-bond donors (Lipinski definition) is 1. The molecule has 2 aromatic carbocycles. The first-order valence-corrected chi connectivity index (χ1v) is 14.1. The Morgan fingerprint density at radius 2 is 1.90 bits per heavy atom. The van der Waals surface area contributed by atoms with Crippen LogP contribution >= 0.6 is 11.6 Å². The van der Waals surface area contributed by atoms with Crippen molar-refractivity contribution in [2.24, 2.45) is 0 Å². The summed E-state index contributed by atoms with van der Waals surface area (Å²) in [5, 5.41) is 8.88. The SMILES string of the molecule is CC(C)(Cl)C(=O)N1CCC(C)(n2cc(Cc3ccc4c5c(cccc35)C(=O)N4C3CCC(=O)NC3=O)cn2)CC1. The summed E-state index contributed by atoms with van der Waals surface area (Å²) in [5.74, 6) is -0.995. The van der Waals surface area contributed by atoms with Crippen molar-refractivity contribution in [3.05, 3.63) is 59.4 Å². The van der Waals surface area contributed by atoms with Crippen molar-refractivity contribution in [2.75, 3.05) is 18.0 Å². The lowest BCUT2D eigenvalue weighted by Gasteiger charge is -2.41. The van der Waals surface area contributed by atoms with Crippen LogP contribution in [0.25, 0.3) is 10.8 Å². The van der Waals surface area contributed by atoms with Crippen molar-refractivity contribution in [1.29, 1.82) is 0 Å². The third-order valence-electron chi connectivity index (χ3n) is 8.56. The highest BCUT2D eigenvalue weighted by molar-refractivity contribution is 6.34. The van der Waals surface area contributed by atoms with E-state index in [0.29, 0.717) is 37.2 Å². The van der Waals surface area contributed by atoms with Crippen LogP contribution in [-0.4, -0.2) is 62.3 Å². The first-order chi connectivity index (χ1) is 19.0. The lowest BCUT2D eigenvalue weighted by Crippen LogP contribution is -2.53. The van der Waals surface area contributed by atoms with E-state index in [0.717, 1.165) is 34.7 Å². The number of anilines is 1. The molecule has 4 amide bonds. The Morgan fingerprint density at radius 1 is 1.15 bits per heavy atom. The minimum absolute atomic E-state index is 0.0425. The van der Waals surface area contributed by atoms with Gasteiger partial charge in [-0.15, -0.1) is 11.6 Å². The lowest BCUT2D eigenvalue weighted by atomic mass is 9.89. The molecule has 0 spiro atoms. The number of carbonyl (C=O) groups excluding carboxylic acids is 4. The Balaban J connectivity index is 1.24. The number of likely N-dealkylation sites (tertiary alicyclic amines) is 1. The standard InChI is InChI=1S/C30H32ClN5O4/c1-29(2,31)28(40)34-13-11-30(3,12-14-34)35-17-18(16-32-35)15-19-7-8-22-25-20(19)5-4-6-21(25)27(39)36(22)23-9-10-24(37)33-26(23)38/h4-8,16-17,23H,9-15H2,1-3H3,(H,33,37,38). The highest BCUT2D eigenvalue weighted by atomic mass is 35.5. The maximum absolute atomic E-state index is 13.4. The Hall–Kier alpha value is -3.72. The van der Waals surface area contributed by atoms with Gasteiger partial charge in [0.05, 0.1) is 17.4 Å². The van der Waals surface area contributed by atoms with E-state index >= 15 is 0 Å². The molecule has 1 unspecified atom stereocenters. The molecule has 3 aromatic rings. The summed E-state index contributed by atoms with van der Waals surface area (Å²) in [6, 6.07) is 8.89. The quantitative estimate of drug-likeness (QED) is 0.377. The number of nitrogens with zero attached hydrogens (tertiary/aromatic N) is 4. The fraction of sp³-hybridized carbons (Fsp3) is 0.433. The van der Waals surface area contributed by atoms with Crippen LogP contribution in [0.4, 0.5) is 5.69 Å². The summed E-state index contributed by atoms with van der Waals surface area (Å²) in [4.78, 5) is 52.8. The normalized spacial score (nSPS) is 20.8. The number of aromatic nitrogens is 2.